The van der Waals surface area contributed by atoms with Gasteiger partial charge in [0.1, 0.15) is 0 Å². The van der Waals surface area contributed by atoms with E-state index in [-0.39, 0.29) is 11.5 Å². The normalized spacial score (nSPS) is 15.0. The van der Waals surface area contributed by atoms with Crippen LogP contribution in [0, 0.1) is 5.41 Å². The first kappa shape index (κ1) is 10.9. The van der Waals surface area contributed by atoms with Crippen LogP contribution in [0.4, 0.5) is 0 Å². The number of hydrogen-bond acceptors (Lipinski definition) is 2. The van der Waals surface area contributed by atoms with Crippen molar-refractivity contribution in [2.75, 3.05) is 20.3 Å². The average Bonchev–Trinajstić information content (AvgIpc) is 1.86. The summed E-state index contributed by atoms with van der Waals surface area (Å²) in [5.74, 6) is 0. The first-order valence-corrected chi connectivity index (χ1v) is 4.09. The maximum absolute atomic E-state index is 5.52. The zero-order valence-corrected chi connectivity index (χ0v) is 8.31. The molecule has 0 aliphatic heterocycles. The Morgan fingerprint density at radius 3 is 2.09 bits per heavy atom. The van der Waals surface area contributed by atoms with Crippen LogP contribution in [0.15, 0.2) is 0 Å². The van der Waals surface area contributed by atoms with Crippen LogP contribution >= 0.6 is 0 Å². The largest absolute Gasteiger partial charge is 0.382 e. The third kappa shape index (κ3) is 5.22. The molecule has 0 rings (SSSR count). The molecule has 68 valence electrons. The molecule has 0 amide bonds. The quantitative estimate of drug-likeness (QED) is 0.586. The smallest absolute Gasteiger partial charge is 0.0704 e. The number of hydrogen-bond donors (Lipinski definition) is 0. The summed E-state index contributed by atoms with van der Waals surface area (Å²) in [6.07, 6.45) is 0.289. The van der Waals surface area contributed by atoms with Gasteiger partial charge in [0.2, 0.25) is 0 Å². The van der Waals surface area contributed by atoms with E-state index in [0.29, 0.717) is 13.2 Å². The second kappa shape index (κ2) is 4.73. The van der Waals surface area contributed by atoms with Gasteiger partial charge in [0, 0.05) is 7.11 Å². The minimum absolute atomic E-state index is 0.230. The van der Waals surface area contributed by atoms with Crippen molar-refractivity contribution in [1.82, 2.24) is 0 Å². The van der Waals surface area contributed by atoms with Gasteiger partial charge in [-0.25, -0.2) is 0 Å². The van der Waals surface area contributed by atoms with Gasteiger partial charge in [-0.3, -0.25) is 0 Å². The lowest BCUT2D eigenvalue weighted by Gasteiger charge is -2.27. The molecule has 1 unspecified atom stereocenters. The summed E-state index contributed by atoms with van der Waals surface area (Å²) in [4.78, 5) is 0. The fraction of sp³-hybridized carbons (Fsp3) is 1.00. The maximum atomic E-state index is 5.52. The van der Waals surface area contributed by atoms with Gasteiger partial charge in [-0.2, -0.15) is 0 Å². The van der Waals surface area contributed by atoms with Crippen molar-refractivity contribution in [3.05, 3.63) is 0 Å². The molecule has 2 nitrogen and oxygen atoms in total. The summed E-state index contributed by atoms with van der Waals surface area (Å²) < 4.78 is 10.4. The van der Waals surface area contributed by atoms with Gasteiger partial charge in [-0.1, -0.05) is 20.8 Å². The van der Waals surface area contributed by atoms with Gasteiger partial charge in [0.05, 0.1) is 19.3 Å². The molecule has 2 heteroatoms. The molecule has 0 bridgehead atoms. The van der Waals surface area contributed by atoms with E-state index in [0.717, 1.165) is 0 Å². The topological polar surface area (TPSA) is 18.5 Å². The van der Waals surface area contributed by atoms with Crippen LogP contribution in [0.5, 0.6) is 0 Å². The average molecular weight is 160 g/mol. The van der Waals surface area contributed by atoms with Gasteiger partial charge < -0.3 is 9.47 Å². The van der Waals surface area contributed by atoms with E-state index < -0.39 is 0 Å². The minimum Gasteiger partial charge on any atom is -0.382 e. The Bertz CT molecular complexity index is 94.2. The van der Waals surface area contributed by atoms with E-state index in [4.69, 9.17) is 9.47 Å². The highest BCUT2D eigenvalue weighted by molar-refractivity contribution is 4.69. The minimum atomic E-state index is 0.230. The summed E-state index contributed by atoms with van der Waals surface area (Å²) in [5.41, 5.74) is 0.230. The molecule has 1 atom stereocenters. The van der Waals surface area contributed by atoms with Crippen LogP contribution < -0.4 is 0 Å². The van der Waals surface area contributed by atoms with Gasteiger partial charge in [-0.15, -0.1) is 0 Å². The fourth-order valence-corrected chi connectivity index (χ4v) is 0.558. The third-order valence-corrected chi connectivity index (χ3v) is 1.87. The van der Waals surface area contributed by atoms with Gasteiger partial charge in [0.15, 0.2) is 0 Å². The van der Waals surface area contributed by atoms with Crippen molar-refractivity contribution < 1.29 is 9.47 Å². The molecule has 0 heterocycles. The van der Waals surface area contributed by atoms with Crippen molar-refractivity contribution in [2.24, 2.45) is 5.41 Å². The van der Waals surface area contributed by atoms with E-state index in [1.54, 1.807) is 7.11 Å². The molecular weight excluding hydrogens is 140 g/mol. The van der Waals surface area contributed by atoms with Crippen LogP contribution in [-0.4, -0.2) is 26.4 Å². The number of methoxy groups -OCH3 is 1. The molecule has 0 aliphatic rings. The molecule has 0 aromatic carbocycles. The van der Waals surface area contributed by atoms with Crippen molar-refractivity contribution in [1.29, 1.82) is 0 Å². The van der Waals surface area contributed by atoms with E-state index >= 15 is 0 Å². The van der Waals surface area contributed by atoms with Crippen LogP contribution in [0.3, 0.4) is 0 Å². The number of rotatable bonds is 4. The molecule has 11 heavy (non-hydrogen) atoms. The molecule has 0 fully saturated rings. The van der Waals surface area contributed by atoms with E-state index in [1.807, 2.05) is 0 Å². The predicted molar refractivity (Wildman–Crippen MR) is 46.7 cm³/mol. The second-order valence-corrected chi connectivity index (χ2v) is 3.87. The van der Waals surface area contributed by atoms with Gasteiger partial charge in [-0.05, 0) is 12.3 Å². The lowest BCUT2D eigenvalue weighted by atomic mass is 9.90. The molecule has 0 aromatic heterocycles. The maximum Gasteiger partial charge on any atom is 0.0704 e. The Kier molecular flexibility index (Phi) is 4.69. The zero-order valence-electron chi connectivity index (χ0n) is 8.31. The van der Waals surface area contributed by atoms with E-state index in [1.165, 1.54) is 0 Å². The molecule has 0 radical (unpaired) electrons. The molecule has 0 N–H and O–H groups in total. The molecule has 0 aliphatic carbocycles. The van der Waals surface area contributed by atoms with Crippen LogP contribution in [0.25, 0.3) is 0 Å². The SMILES string of the molecule is COCCOC(C)C(C)(C)C. The molecule has 0 aromatic rings. The predicted octanol–water partition coefficient (Wildman–Crippen LogP) is 2.08. The Labute approximate surface area is 69.9 Å². The first-order chi connectivity index (χ1) is 4.98. The standard InChI is InChI=1S/C9H20O2/c1-8(9(2,3)4)11-7-6-10-5/h8H,6-7H2,1-5H3. The summed E-state index contributed by atoms with van der Waals surface area (Å²) >= 11 is 0. The van der Waals surface area contributed by atoms with Gasteiger partial charge in [0.25, 0.3) is 0 Å². The van der Waals surface area contributed by atoms with E-state index in [2.05, 4.69) is 27.7 Å². The third-order valence-electron chi connectivity index (χ3n) is 1.87. The lowest BCUT2D eigenvalue weighted by Crippen LogP contribution is -2.27. The van der Waals surface area contributed by atoms with Crippen molar-refractivity contribution in [3.63, 3.8) is 0 Å². The Balaban J connectivity index is 3.44. The Morgan fingerprint density at radius 1 is 1.18 bits per heavy atom. The summed E-state index contributed by atoms with van der Waals surface area (Å²) in [6.45, 7) is 9.98. The van der Waals surface area contributed by atoms with E-state index in [9.17, 15) is 0 Å². The van der Waals surface area contributed by atoms with Crippen LogP contribution in [-0.2, 0) is 9.47 Å². The van der Waals surface area contributed by atoms with Crippen LogP contribution in [0.1, 0.15) is 27.7 Å². The summed E-state index contributed by atoms with van der Waals surface area (Å²) in [5, 5.41) is 0. The summed E-state index contributed by atoms with van der Waals surface area (Å²) in [6, 6.07) is 0. The monoisotopic (exact) mass is 160 g/mol. The number of ether oxygens (including phenoxy) is 2. The van der Waals surface area contributed by atoms with Gasteiger partial charge >= 0.3 is 0 Å². The fourth-order valence-electron chi connectivity index (χ4n) is 0.558. The molecule has 0 saturated heterocycles. The Hall–Kier alpha value is -0.0800. The van der Waals surface area contributed by atoms with Crippen molar-refractivity contribution in [2.45, 2.75) is 33.8 Å². The zero-order chi connectivity index (χ0) is 8.91. The second-order valence-electron chi connectivity index (χ2n) is 3.87. The molecule has 0 saturated carbocycles. The highest BCUT2D eigenvalue weighted by atomic mass is 16.5. The lowest BCUT2D eigenvalue weighted by molar-refractivity contribution is -0.0261. The highest BCUT2D eigenvalue weighted by Crippen LogP contribution is 2.21. The van der Waals surface area contributed by atoms with Crippen LogP contribution in [0.2, 0.25) is 0 Å². The highest BCUT2D eigenvalue weighted by Gasteiger charge is 2.19. The first-order valence-electron chi connectivity index (χ1n) is 4.09. The molecule has 0 spiro atoms. The van der Waals surface area contributed by atoms with Crippen molar-refractivity contribution in [3.8, 4) is 0 Å². The Morgan fingerprint density at radius 2 is 1.73 bits per heavy atom. The molecular formula is C9H20O2. The summed E-state index contributed by atoms with van der Waals surface area (Å²) in [7, 11) is 1.69. The van der Waals surface area contributed by atoms with Crippen molar-refractivity contribution >= 4 is 0 Å².